The molecule has 0 bridgehead atoms. The highest BCUT2D eigenvalue weighted by Crippen LogP contribution is 2.29. The van der Waals surface area contributed by atoms with Gasteiger partial charge < -0.3 is 9.84 Å². The van der Waals surface area contributed by atoms with Gasteiger partial charge in [-0.15, -0.1) is 11.8 Å². The number of carboxylic acids is 1. The number of nitrogens with zero attached hydrogens (tertiary/aromatic N) is 1. The Kier molecular flexibility index (Phi) is 4.68. The minimum absolute atomic E-state index is 0.191. The molecule has 0 spiro atoms. The van der Waals surface area contributed by atoms with Crippen LogP contribution in [0.4, 0.5) is 0 Å². The molecule has 0 saturated heterocycles. The zero-order chi connectivity index (χ0) is 14.5. The van der Waals surface area contributed by atoms with Gasteiger partial charge in [-0.3, -0.25) is 14.5 Å². The Bertz CT molecular complexity index is 539. The van der Waals surface area contributed by atoms with Crippen molar-refractivity contribution in [2.45, 2.75) is 6.92 Å². The molecule has 1 heterocycles. The van der Waals surface area contributed by atoms with Gasteiger partial charge in [0.25, 0.3) is 0 Å². The molecule has 0 saturated carbocycles. The molecule has 106 valence electrons. The van der Waals surface area contributed by atoms with Crippen molar-refractivity contribution in [3.05, 3.63) is 35.2 Å². The van der Waals surface area contributed by atoms with Crippen LogP contribution in [0.2, 0.25) is 0 Å². The summed E-state index contributed by atoms with van der Waals surface area (Å²) in [6, 6.07) is 7.26. The average Bonchev–Trinajstić information content (AvgIpc) is 2.42. The SMILES string of the molecule is CCOc1ccc(C2=CSCC(=O)N2CC(=O)O)cc1. The lowest BCUT2D eigenvalue weighted by Crippen LogP contribution is -2.37. The lowest BCUT2D eigenvalue weighted by Gasteiger charge is -2.27. The number of carboxylic acid groups (broad SMARTS) is 1. The summed E-state index contributed by atoms with van der Waals surface area (Å²) in [6.07, 6.45) is 0. The van der Waals surface area contributed by atoms with Gasteiger partial charge in [0.2, 0.25) is 5.91 Å². The summed E-state index contributed by atoms with van der Waals surface area (Å²) in [5.74, 6) is -0.198. The molecule has 1 aromatic carbocycles. The first kappa shape index (κ1) is 14.5. The van der Waals surface area contributed by atoms with Gasteiger partial charge in [0.05, 0.1) is 18.1 Å². The van der Waals surface area contributed by atoms with Crippen LogP contribution >= 0.6 is 11.8 Å². The number of rotatable bonds is 5. The fraction of sp³-hybridized carbons (Fsp3) is 0.286. The molecule has 0 aromatic heterocycles. The van der Waals surface area contributed by atoms with E-state index in [4.69, 9.17) is 9.84 Å². The predicted octanol–water partition coefficient (Wildman–Crippen LogP) is 2.04. The Morgan fingerprint density at radius 1 is 1.40 bits per heavy atom. The summed E-state index contributed by atoms with van der Waals surface area (Å²) in [4.78, 5) is 24.0. The number of aliphatic carboxylic acids is 1. The summed E-state index contributed by atoms with van der Waals surface area (Å²) in [6.45, 7) is 2.17. The standard InChI is InChI=1S/C14H15NO4S/c1-2-19-11-5-3-10(4-6-11)12-8-20-9-13(16)15(12)7-14(17)18/h3-6,8H,2,7,9H2,1H3,(H,17,18). The number of thioether (sulfide) groups is 1. The molecule has 1 amide bonds. The Hall–Kier alpha value is -1.95. The highest BCUT2D eigenvalue weighted by atomic mass is 32.2. The highest BCUT2D eigenvalue weighted by Gasteiger charge is 2.25. The molecule has 1 aliphatic rings. The van der Waals surface area contributed by atoms with Crippen molar-refractivity contribution < 1.29 is 19.4 Å². The van der Waals surface area contributed by atoms with Crippen molar-refractivity contribution in [1.82, 2.24) is 4.90 Å². The van der Waals surface area contributed by atoms with Gasteiger partial charge in [-0.05, 0) is 42.2 Å². The van der Waals surface area contributed by atoms with E-state index < -0.39 is 5.97 Å². The zero-order valence-electron chi connectivity index (χ0n) is 11.0. The van der Waals surface area contributed by atoms with E-state index >= 15 is 0 Å². The maximum Gasteiger partial charge on any atom is 0.323 e. The topological polar surface area (TPSA) is 66.8 Å². The van der Waals surface area contributed by atoms with Gasteiger partial charge in [0, 0.05) is 0 Å². The van der Waals surface area contributed by atoms with Crippen molar-refractivity contribution in [1.29, 1.82) is 0 Å². The molecule has 0 atom stereocenters. The van der Waals surface area contributed by atoms with Crippen LogP contribution in [0.25, 0.3) is 5.70 Å². The lowest BCUT2D eigenvalue weighted by atomic mass is 10.1. The van der Waals surface area contributed by atoms with E-state index in [1.54, 1.807) is 0 Å². The molecule has 0 fully saturated rings. The Morgan fingerprint density at radius 2 is 2.10 bits per heavy atom. The molecule has 5 nitrogen and oxygen atoms in total. The van der Waals surface area contributed by atoms with E-state index in [1.807, 2.05) is 36.6 Å². The molecule has 20 heavy (non-hydrogen) atoms. The summed E-state index contributed by atoms with van der Waals surface area (Å²) >= 11 is 1.37. The third-order valence-electron chi connectivity index (χ3n) is 2.75. The molecule has 6 heteroatoms. The van der Waals surface area contributed by atoms with Crippen LogP contribution in [-0.4, -0.2) is 40.8 Å². The van der Waals surface area contributed by atoms with E-state index in [2.05, 4.69) is 0 Å². The van der Waals surface area contributed by atoms with Crippen molar-refractivity contribution in [3.8, 4) is 5.75 Å². The van der Waals surface area contributed by atoms with E-state index in [-0.39, 0.29) is 18.2 Å². The summed E-state index contributed by atoms with van der Waals surface area (Å²) in [7, 11) is 0. The number of hydrogen-bond donors (Lipinski definition) is 1. The molecule has 1 N–H and O–H groups in total. The Morgan fingerprint density at radius 3 is 2.70 bits per heavy atom. The first-order valence-electron chi connectivity index (χ1n) is 6.19. The van der Waals surface area contributed by atoms with Gasteiger partial charge in [-0.2, -0.15) is 0 Å². The lowest BCUT2D eigenvalue weighted by molar-refractivity contribution is -0.141. The van der Waals surface area contributed by atoms with Crippen molar-refractivity contribution in [3.63, 3.8) is 0 Å². The normalized spacial score (nSPS) is 14.9. The molecular weight excluding hydrogens is 278 g/mol. The fourth-order valence-corrected chi connectivity index (χ4v) is 2.69. The van der Waals surface area contributed by atoms with E-state index in [0.717, 1.165) is 11.3 Å². The molecule has 2 rings (SSSR count). The number of amides is 1. The van der Waals surface area contributed by atoms with E-state index in [0.29, 0.717) is 12.3 Å². The monoisotopic (exact) mass is 293 g/mol. The van der Waals surface area contributed by atoms with Crippen molar-refractivity contribution in [2.24, 2.45) is 0 Å². The number of carbonyl (C=O) groups is 2. The van der Waals surface area contributed by atoms with Gasteiger partial charge in [0.1, 0.15) is 12.3 Å². The summed E-state index contributed by atoms with van der Waals surface area (Å²) in [5, 5.41) is 10.7. The van der Waals surface area contributed by atoms with Crippen LogP contribution in [0.15, 0.2) is 29.7 Å². The summed E-state index contributed by atoms with van der Waals surface area (Å²) in [5.41, 5.74) is 1.42. The first-order valence-corrected chi connectivity index (χ1v) is 7.24. The minimum Gasteiger partial charge on any atom is -0.494 e. The number of ether oxygens (including phenoxy) is 1. The second-order valence-corrected chi connectivity index (χ2v) is 5.00. The largest absolute Gasteiger partial charge is 0.494 e. The number of carbonyl (C=O) groups excluding carboxylic acids is 1. The molecule has 1 aliphatic heterocycles. The number of hydrogen-bond acceptors (Lipinski definition) is 4. The van der Waals surface area contributed by atoms with Gasteiger partial charge in [-0.1, -0.05) is 0 Å². The maximum absolute atomic E-state index is 11.9. The zero-order valence-corrected chi connectivity index (χ0v) is 11.9. The Balaban J connectivity index is 2.25. The van der Waals surface area contributed by atoms with Crippen LogP contribution < -0.4 is 4.74 Å². The third kappa shape index (κ3) is 3.33. The summed E-state index contributed by atoms with van der Waals surface area (Å²) < 4.78 is 5.36. The molecule has 0 unspecified atom stereocenters. The van der Waals surface area contributed by atoms with Crippen LogP contribution in [0, 0.1) is 0 Å². The third-order valence-corrected chi connectivity index (χ3v) is 3.55. The van der Waals surface area contributed by atoms with Gasteiger partial charge in [0.15, 0.2) is 0 Å². The minimum atomic E-state index is -1.03. The van der Waals surface area contributed by atoms with Crippen molar-refractivity contribution in [2.75, 3.05) is 18.9 Å². The van der Waals surface area contributed by atoms with Crippen LogP contribution in [0.3, 0.4) is 0 Å². The van der Waals surface area contributed by atoms with Crippen molar-refractivity contribution >= 4 is 29.3 Å². The highest BCUT2D eigenvalue weighted by molar-refractivity contribution is 8.03. The smallest absolute Gasteiger partial charge is 0.323 e. The second-order valence-electron chi connectivity index (χ2n) is 4.15. The van der Waals surface area contributed by atoms with Gasteiger partial charge in [-0.25, -0.2) is 0 Å². The van der Waals surface area contributed by atoms with E-state index in [9.17, 15) is 9.59 Å². The molecular formula is C14H15NO4S. The van der Waals surface area contributed by atoms with E-state index in [1.165, 1.54) is 16.7 Å². The van der Waals surface area contributed by atoms with Crippen LogP contribution in [0.5, 0.6) is 5.75 Å². The Labute approximate surface area is 121 Å². The average molecular weight is 293 g/mol. The predicted molar refractivity (Wildman–Crippen MR) is 77.4 cm³/mol. The van der Waals surface area contributed by atoms with Crippen LogP contribution in [0.1, 0.15) is 12.5 Å². The van der Waals surface area contributed by atoms with Gasteiger partial charge >= 0.3 is 5.97 Å². The maximum atomic E-state index is 11.9. The molecule has 1 aromatic rings. The quantitative estimate of drug-likeness (QED) is 0.900. The first-order chi connectivity index (χ1) is 9.61. The second kappa shape index (κ2) is 6.47. The van der Waals surface area contributed by atoms with Crippen LogP contribution in [-0.2, 0) is 9.59 Å². The number of benzene rings is 1. The molecule has 0 aliphatic carbocycles. The fourth-order valence-electron chi connectivity index (χ4n) is 1.89. The molecule has 0 radical (unpaired) electrons.